The summed E-state index contributed by atoms with van der Waals surface area (Å²) in [4.78, 5) is 11.3. The average Bonchev–Trinajstić information content (AvgIpc) is 3.02. The number of hydrogen-bond acceptors (Lipinski definition) is 4. The molecule has 2 aromatic carbocycles. The van der Waals surface area contributed by atoms with Crippen LogP contribution in [0.5, 0.6) is 0 Å². The molecule has 148 valence electrons. The summed E-state index contributed by atoms with van der Waals surface area (Å²) in [5.41, 5.74) is -1.54. The Kier molecular flexibility index (Phi) is 8.62. The van der Waals surface area contributed by atoms with Gasteiger partial charge in [-0.05, 0) is 18.1 Å². The second kappa shape index (κ2) is 9.99. The van der Waals surface area contributed by atoms with Crippen LogP contribution in [-0.2, 0) is 10.4 Å². The highest BCUT2D eigenvalue weighted by atomic mass is 79.9. The molecule has 5 nitrogen and oxygen atoms in total. The van der Waals surface area contributed by atoms with Gasteiger partial charge in [-0.2, -0.15) is 0 Å². The Morgan fingerprint density at radius 1 is 1.11 bits per heavy atom. The van der Waals surface area contributed by atoms with Gasteiger partial charge in [-0.3, -0.25) is 0 Å². The minimum atomic E-state index is -2.11. The van der Waals surface area contributed by atoms with Gasteiger partial charge < -0.3 is 41.6 Å². The van der Waals surface area contributed by atoms with Gasteiger partial charge in [0.2, 0.25) is 0 Å². The van der Waals surface area contributed by atoms with Crippen molar-refractivity contribution in [3.8, 4) is 0 Å². The van der Waals surface area contributed by atoms with Crippen molar-refractivity contribution in [2.45, 2.75) is 25.0 Å². The van der Waals surface area contributed by atoms with E-state index in [1.807, 2.05) is 0 Å². The average molecular weight is 437 g/mol. The van der Waals surface area contributed by atoms with Crippen LogP contribution in [0.3, 0.4) is 0 Å². The lowest BCUT2D eigenvalue weighted by atomic mass is 9.86. The van der Waals surface area contributed by atoms with E-state index in [0.717, 1.165) is 30.5 Å². The maximum atomic E-state index is 11.3. The lowest BCUT2D eigenvalue weighted by molar-refractivity contribution is -0.897. The number of aliphatic hydroxyl groups excluding tert-OH is 1. The Balaban J connectivity index is 0.000000310. The number of aliphatic hydroxyl groups is 2. The van der Waals surface area contributed by atoms with E-state index in [1.54, 1.807) is 60.7 Å². The van der Waals surface area contributed by atoms with Crippen LogP contribution < -0.4 is 22.1 Å². The van der Waals surface area contributed by atoms with Gasteiger partial charge in [0.25, 0.3) is 0 Å². The maximum absolute atomic E-state index is 11.3. The van der Waals surface area contributed by atoms with Gasteiger partial charge in [-0.1, -0.05) is 60.7 Å². The molecule has 0 bridgehead atoms. The van der Waals surface area contributed by atoms with Gasteiger partial charge in [0.05, 0.1) is 26.1 Å². The first-order valence-corrected chi connectivity index (χ1v) is 8.88. The number of carboxylic acids is 1. The van der Waals surface area contributed by atoms with Crippen LogP contribution in [0.2, 0.25) is 0 Å². The zero-order chi connectivity index (χ0) is 19.2. The molecule has 2 N–H and O–H groups in total. The van der Waals surface area contributed by atoms with Gasteiger partial charge in [0.1, 0.15) is 12.6 Å². The van der Waals surface area contributed by atoms with Crippen LogP contribution in [0.4, 0.5) is 0 Å². The van der Waals surface area contributed by atoms with E-state index in [9.17, 15) is 20.1 Å². The van der Waals surface area contributed by atoms with Gasteiger partial charge >= 0.3 is 0 Å². The third-order valence-electron chi connectivity index (χ3n) is 5.10. The quantitative estimate of drug-likeness (QED) is 0.537. The third-order valence-corrected chi connectivity index (χ3v) is 5.10. The Morgan fingerprint density at radius 3 is 1.81 bits per heavy atom. The van der Waals surface area contributed by atoms with E-state index in [-0.39, 0.29) is 34.2 Å². The van der Waals surface area contributed by atoms with E-state index in [2.05, 4.69) is 14.0 Å². The van der Waals surface area contributed by atoms with Crippen LogP contribution in [0.1, 0.15) is 24.5 Å². The first-order chi connectivity index (χ1) is 12.3. The molecule has 0 aliphatic carbocycles. The summed E-state index contributed by atoms with van der Waals surface area (Å²) in [6.07, 6.45) is 0.958. The first-order valence-electron chi connectivity index (χ1n) is 8.88. The van der Waals surface area contributed by atoms with Crippen LogP contribution in [0.15, 0.2) is 60.7 Å². The van der Waals surface area contributed by atoms with Crippen LogP contribution in [0.25, 0.3) is 0 Å². The zero-order valence-electron chi connectivity index (χ0n) is 15.7. The summed E-state index contributed by atoms with van der Waals surface area (Å²) in [5.74, 6) is -1.53. The second-order valence-corrected chi connectivity index (χ2v) is 7.01. The predicted octanol–water partition coefficient (Wildman–Crippen LogP) is -2.11. The standard InChI is InChI=1S/C14H12O3.C7H16NO.BrH/c15-13(16)14(17,11-7-3-1-4-8-11)12-9-5-2-6-10-12;1-3-8(2)5-4-7(9)6-8;/h1-10,17H,(H,15,16);7,9H,3-6H2,1-2H3;1H/q;+1;/p-2. The molecular weight excluding hydrogens is 410 g/mol. The van der Waals surface area contributed by atoms with E-state index in [0.29, 0.717) is 0 Å². The molecule has 0 aromatic heterocycles. The minimum Gasteiger partial charge on any atom is -1.00 e. The van der Waals surface area contributed by atoms with E-state index >= 15 is 0 Å². The third kappa shape index (κ3) is 5.62. The zero-order valence-corrected chi connectivity index (χ0v) is 17.3. The lowest BCUT2D eigenvalue weighted by Gasteiger charge is -2.30. The Hall–Kier alpha value is -1.73. The second-order valence-electron chi connectivity index (χ2n) is 7.01. The molecule has 1 aliphatic heterocycles. The van der Waals surface area contributed by atoms with Crippen molar-refractivity contribution >= 4 is 5.97 Å². The van der Waals surface area contributed by atoms with Crippen molar-refractivity contribution in [2.75, 3.05) is 26.7 Å². The molecule has 0 saturated carbocycles. The highest BCUT2D eigenvalue weighted by Crippen LogP contribution is 2.28. The molecule has 0 amide bonds. The Bertz CT molecular complexity index is 671. The molecular formula is C21H27BrNO4-. The van der Waals surface area contributed by atoms with Gasteiger partial charge in [-0.15, -0.1) is 0 Å². The molecule has 2 aromatic rings. The molecule has 1 fully saturated rings. The number of carboxylic acid groups (broad SMARTS) is 1. The number of nitrogens with zero attached hydrogens (tertiary/aromatic N) is 1. The summed E-state index contributed by atoms with van der Waals surface area (Å²) in [6, 6.07) is 16.4. The highest BCUT2D eigenvalue weighted by Gasteiger charge is 2.33. The van der Waals surface area contributed by atoms with Gasteiger partial charge in [0.15, 0.2) is 5.60 Å². The number of carbonyl (C=O) groups is 1. The highest BCUT2D eigenvalue weighted by molar-refractivity contribution is 5.81. The van der Waals surface area contributed by atoms with E-state index in [4.69, 9.17) is 0 Å². The molecule has 2 unspecified atom stereocenters. The maximum Gasteiger partial charge on any atom is 0.154 e. The number of rotatable bonds is 4. The summed E-state index contributed by atoms with van der Waals surface area (Å²) in [6.45, 7) is 5.43. The number of likely N-dealkylation sites (N-methyl/N-ethyl adjacent to an activating group) is 1. The topological polar surface area (TPSA) is 80.6 Å². The molecule has 3 rings (SSSR count). The summed E-state index contributed by atoms with van der Waals surface area (Å²) < 4.78 is 1.06. The summed E-state index contributed by atoms with van der Waals surface area (Å²) >= 11 is 0. The minimum absolute atomic E-state index is 0. The summed E-state index contributed by atoms with van der Waals surface area (Å²) in [7, 11) is 2.20. The molecule has 27 heavy (non-hydrogen) atoms. The molecule has 1 heterocycles. The SMILES string of the molecule is CC[N+]1(C)CCC(O)C1.O=C([O-])C(O)(c1ccccc1)c1ccccc1.[Br-]. The van der Waals surface area contributed by atoms with Crippen LogP contribution >= 0.6 is 0 Å². The summed E-state index contributed by atoms with van der Waals surface area (Å²) in [5, 5.41) is 30.8. The molecule has 6 heteroatoms. The van der Waals surface area contributed by atoms with Crippen LogP contribution in [-0.4, -0.2) is 53.5 Å². The van der Waals surface area contributed by atoms with Crippen molar-refractivity contribution in [3.63, 3.8) is 0 Å². The number of hydrogen-bond donors (Lipinski definition) is 2. The number of benzene rings is 2. The largest absolute Gasteiger partial charge is 1.00 e. The molecule has 0 spiro atoms. The normalized spacial score (nSPS) is 21.6. The van der Waals surface area contributed by atoms with Crippen molar-refractivity contribution in [1.82, 2.24) is 0 Å². The smallest absolute Gasteiger partial charge is 0.154 e. The van der Waals surface area contributed by atoms with E-state index < -0.39 is 11.6 Å². The Morgan fingerprint density at radius 2 is 1.56 bits per heavy atom. The molecule has 1 aliphatic rings. The van der Waals surface area contributed by atoms with Crippen molar-refractivity contribution < 1.29 is 41.6 Å². The van der Waals surface area contributed by atoms with Crippen molar-refractivity contribution in [2.24, 2.45) is 0 Å². The fourth-order valence-corrected chi connectivity index (χ4v) is 3.20. The fraction of sp³-hybridized carbons (Fsp3) is 0.381. The van der Waals surface area contributed by atoms with Crippen LogP contribution in [0, 0.1) is 0 Å². The first kappa shape index (κ1) is 23.3. The lowest BCUT2D eigenvalue weighted by Crippen LogP contribution is -3.00. The molecule has 2 atom stereocenters. The monoisotopic (exact) mass is 436 g/mol. The fourth-order valence-electron chi connectivity index (χ4n) is 3.20. The van der Waals surface area contributed by atoms with Gasteiger partial charge in [-0.25, -0.2) is 0 Å². The Labute approximate surface area is 171 Å². The molecule has 1 saturated heterocycles. The molecule has 0 radical (unpaired) electrons. The van der Waals surface area contributed by atoms with E-state index in [1.165, 1.54) is 0 Å². The number of carbonyl (C=O) groups excluding carboxylic acids is 1. The van der Waals surface area contributed by atoms with Gasteiger partial charge in [0, 0.05) is 6.42 Å². The number of likely N-dealkylation sites (tertiary alicyclic amines) is 1. The van der Waals surface area contributed by atoms with Crippen molar-refractivity contribution in [1.29, 1.82) is 0 Å². The number of halogens is 1. The van der Waals surface area contributed by atoms with Crippen molar-refractivity contribution in [3.05, 3.63) is 71.8 Å². The number of quaternary nitrogens is 1. The predicted molar refractivity (Wildman–Crippen MR) is 98.0 cm³/mol. The number of aliphatic carboxylic acids is 1.